The molecule has 14 heteroatoms. The van der Waals surface area contributed by atoms with Crippen LogP contribution in [0.3, 0.4) is 0 Å². The molecular formula is C26H25F4N5O4S. The van der Waals surface area contributed by atoms with Crippen molar-refractivity contribution in [1.29, 1.82) is 0 Å². The normalized spacial score (nSPS) is 16.7. The molecule has 40 heavy (non-hydrogen) atoms. The lowest BCUT2D eigenvalue weighted by Gasteiger charge is -2.17. The van der Waals surface area contributed by atoms with Gasteiger partial charge in [-0.25, -0.2) is 14.2 Å². The van der Waals surface area contributed by atoms with Crippen LogP contribution in [0.25, 0.3) is 0 Å². The first-order valence-corrected chi connectivity index (χ1v) is 14.0. The van der Waals surface area contributed by atoms with E-state index in [2.05, 4.69) is 25.0 Å². The Balaban J connectivity index is 1.69. The highest BCUT2D eigenvalue weighted by molar-refractivity contribution is 7.93. The van der Waals surface area contributed by atoms with Crippen molar-refractivity contribution in [1.82, 2.24) is 15.3 Å². The van der Waals surface area contributed by atoms with E-state index in [1.807, 2.05) is 0 Å². The summed E-state index contributed by atoms with van der Waals surface area (Å²) in [6, 6.07) is 7.37. The van der Waals surface area contributed by atoms with Crippen molar-refractivity contribution in [2.45, 2.75) is 43.8 Å². The minimum Gasteiger partial charge on any atom is -0.436 e. The summed E-state index contributed by atoms with van der Waals surface area (Å²) in [4.78, 5) is 33.3. The standard InChI is InChI=1S/C26H25F4N5O4S/c1-14-18(26(28,29)30)13-32-25(39-20-9-10-21(27)33-15(20)2)22(14)24(37)34-16-6-4-7-17(12-16)40(3,38)35-23(36)19-8-5-11-31-19/h4,6-7,9-10,12-13,19,31H,5,8,11H2,1-3H3,(H,34,37)/t19-,40+/m0/s1. The molecule has 1 aliphatic rings. The smallest absolute Gasteiger partial charge is 0.418 e. The Morgan fingerprint density at radius 3 is 2.60 bits per heavy atom. The second-order valence-corrected chi connectivity index (χ2v) is 11.4. The number of aryl methyl sites for hydroxylation is 1. The molecule has 1 fully saturated rings. The molecule has 3 aromatic rings. The quantitative estimate of drug-likeness (QED) is 0.310. The number of rotatable bonds is 6. The van der Waals surface area contributed by atoms with E-state index in [0.29, 0.717) is 19.2 Å². The van der Waals surface area contributed by atoms with E-state index in [4.69, 9.17) is 4.74 Å². The topological polar surface area (TPSA) is 123 Å². The molecule has 0 radical (unpaired) electrons. The van der Waals surface area contributed by atoms with E-state index >= 15 is 0 Å². The third-order valence-corrected chi connectivity index (χ3v) is 7.85. The Bertz CT molecular complexity index is 1600. The van der Waals surface area contributed by atoms with Crippen LogP contribution in [0.5, 0.6) is 11.6 Å². The van der Waals surface area contributed by atoms with E-state index in [-0.39, 0.29) is 22.0 Å². The van der Waals surface area contributed by atoms with E-state index < -0.39 is 62.3 Å². The molecule has 1 saturated heterocycles. The number of pyridine rings is 2. The van der Waals surface area contributed by atoms with Gasteiger partial charge in [0.25, 0.3) is 11.8 Å². The minimum atomic E-state index is -4.81. The van der Waals surface area contributed by atoms with Crippen molar-refractivity contribution in [2.75, 3.05) is 18.1 Å². The monoisotopic (exact) mass is 579 g/mol. The molecular weight excluding hydrogens is 554 g/mol. The van der Waals surface area contributed by atoms with E-state index in [9.17, 15) is 31.4 Å². The number of nitrogens with zero attached hydrogens (tertiary/aromatic N) is 3. The van der Waals surface area contributed by atoms with Gasteiger partial charge in [-0.3, -0.25) is 9.59 Å². The summed E-state index contributed by atoms with van der Waals surface area (Å²) in [6.45, 7) is 3.17. The number of nitrogens with one attached hydrogen (secondary N) is 2. The number of carbonyl (C=O) groups excluding carboxylic acids is 2. The van der Waals surface area contributed by atoms with E-state index in [0.717, 1.165) is 19.4 Å². The molecule has 4 rings (SSSR count). The van der Waals surface area contributed by atoms with Crippen molar-refractivity contribution in [3.05, 3.63) is 70.9 Å². The number of halogens is 4. The van der Waals surface area contributed by atoms with Crippen LogP contribution < -0.4 is 15.4 Å². The number of alkyl halides is 3. The molecule has 1 aromatic carbocycles. The molecule has 3 heterocycles. The van der Waals surface area contributed by atoms with Crippen LogP contribution in [-0.4, -0.2) is 44.8 Å². The zero-order valence-corrected chi connectivity index (χ0v) is 22.5. The fraction of sp³-hybridized carbons (Fsp3) is 0.308. The first kappa shape index (κ1) is 29.1. The van der Waals surface area contributed by atoms with Gasteiger partial charge in [-0.1, -0.05) is 6.07 Å². The SMILES string of the molecule is Cc1nc(F)ccc1Oc1ncc(C(F)(F)F)c(C)c1C(=O)Nc1cccc([S@@](C)(=O)=NC(=O)[C@@H]2CCCN2)c1. The summed E-state index contributed by atoms with van der Waals surface area (Å²) in [6.07, 6.45) is -1.61. The molecule has 2 aromatic heterocycles. The molecule has 2 N–H and O–H groups in total. The fourth-order valence-corrected chi connectivity index (χ4v) is 5.38. The molecule has 0 unspecified atom stereocenters. The van der Waals surface area contributed by atoms with Crippen LogP contribution in [0.15, 0.2) is 51.9 Å². The predicted octanol–water partition coefficient (Wildman–Crippen LogP) is 5.03. The molecule has 9 nitrogen and oxygen atoms in total. The van der Waals surface area contributed by atoms with Crippen LogP contribution in [0, 0.1) is 19.8 Å². The second kappa shape index (κ2) is 11.3. The second-order valence-electron chi connectivity index (χ2n) is 9.16. The molecule has 212 valence electrons. The molecule has 0 aliphatic carbocycles. The average Bonchev–Trinajstić information content (AvgIpc) is 3.40. The molecule has 2 atom stereocenters. The number of hydrogen-bond donors (Lipinski definition) is 2. The Hall–Kier alpha value is -3.91. The van der Waals surface area contributed by atoms with Crippen LogP contribution in [0.1, 0.15) is 40.0 Å². The highest BCUT2D eigenvalue weighted by Gasteiger charge is 2.36. The predicted molar refractivity (Wildman–Crippen MR) is 138 cm³/mol. The number of amides is 2. The average molecular weight is 580 g/mol. The summed E-state index contributed by atoms with van der Waals surface area (Å²) in [7, 11) is -3.20. The van der Waals surface area contributed by atoms with Gasteiger partial charge in [0.2, 0.25) is 11.8 Å². The maximum atomic E-state index is 13.6. The highest BCUT2D eigenvalue weighted by Crippen LogP contribution is 2.37. The number of hydrogen-bond acceptors (Lipinski definition) is 7. The Morgan fingerprint density at radius 2 is 1.95 bits per heavy atom. The number of ether oxygens (including phenoxy) is 1. The molecule has 2 amide bonds. The van der Waals surface area contributed by atoms with Crippen molar-refractivity contribution >= 4 is 27.2 Å². The zero-order chi connectivity index (χ0) is 29.2. The van der Waals surface area contributed by atoms with Gasteiger partial charge in [-0.05, 0) is 69.1 Å². The Labute approximate surface area is 227 Å². The van der Waals surface area contributed by atoms with E-state index in [1.165, 1.54) is 43.5 Å². The van der Waals surface area contributed by atoms with Crippen molar-refractivity contribution < 1.29 is 36.1 Å². The fourth-order valence-electron chi connectivity index (χ4n) is 4.13. The zero-order valence-electron chi connectivity index (χ0n) is 21.6. The largest absolute Gasteiger partial charge is 0.436 e. The summed E-state index contributed by atoms with van der Waals surface area (Å²) >= 11 is 0. The molecule has 0 bridgehead atoms. The van der Waals surface area contributed by atoms with Crippen LogP contribution >= 0.6 is 0 Å². The summed E-state index contributed by atoms with van der Waals surface area (Å²) in [5, 5.41) is 5.47. The van der Waals surface area contributed by atoms with Gasteiger partial charge < -0.3 is 15.4 Å². The summed E-state index contributed by atoms with van der Waals surface area (Å²) in [5.41, 5.74) is -1.96. The maximum Gasteiger partial charge on any atom is 0.418 e. The lowest BCUT2D eigenvalue weighted by Crippen LogP contribution is -2.30. The Kier molecular flexibility index (Phi) is 8.21. The Morgan fingerprint density at radius 1 is 1.20 bits per heavy atom. The number of anilines is 1. The van der Waals surface area contributed by atoms with Crippen molar-refractivity contribution in [3.63, 3.8) is 0 Å². The first-order valence-electron chi connectivity index (χ1n) is 12.0. The molecule has 1 aliphatic heterocycles. The third-order valence-electron chi connectivity index (χ3n) is 6.20. The minimum absolute atomic E-state index is 0.0159. The van der Waals surface area contributed by atoms with Gasteiger partial charge in [-0.15, -0.1) is 0 Å². The lowest BCUT2D eigenvalue weighted by molar-refractivity contribution is -0.138. The van der Waals surface area contributed by atoms with Gasteiger partial charge >= 0.3 is 6.18 Å². The molecule has 0 saturated carbocycles. The number of carbonyl (C=O) groups is 2. The summed E-state index contributed by atoms with van der Waals surface area (Å²) < 4.78 is 77.1. The number of aromatic nitrogens is 2. The highest BCUT2D eigenvalue weighted by atomic mass is 32.2. The molecule has 0 spiro atoms. The van der Waals surface area contributed by atoms with Crippen molar-refractivity contribution in [3.8, 4) is 11.6 Å². The van der Waals surface area contributed by atoms with Gasteiger partial charge in [-0.2, -0.15) is 21.9 Å². The van der Waals surface area contributed by atoms with Gasteiger partial charge in [0.15, 0.2) is 5.75 Å². The van der Waals surface area contributed by atoms with Gasteiger partial charge in [0.1, 0.15) is 5.56 Å². The van der Waals surface area contributed by atoms with Gasteiger partial charge in [0, 0.05) is 23.0 Å². The van der Waals surface area contributed by atoms with E-state index in [1.54, 1.807) is 0 Å². The van der Waals surface area contributed by atoms with Crippen LogP contribution in [0.2, 0.25) is 0 Å². The van der Waals surface area contributed by atoms with Gasteiger partial charge in [0.05, 0.1) is 27.0 Å². The van der Waals surface area contributed by atoms with Crippen LogP contribution in [-0.2, 0) is 20.7 Å². The lowest BCUT2D eigenvalue weighted by atomic mass is 10.0. The maximum absolute atomic E-state index is 13.6. The third kappa shape index (κ3) is 6.45. The summed E-state index contributed by atoms with van der Waals surface area (Å²) in [5.74, 6) is -2.81. The van der Waals surface area contributed by atoms with Crippen molar-refractivity contribution in [2.24, 2.45) is 4.36 Å². The van der Waals surface area contributed by atoms with Crippen LogP contribution in [0.4, 0.5) is 23.2 Å². The number of benzene rings is 1. The first-order chi connectivity index (χ1) is 18.8.